The van der Waals surface area contributed by atoms with E-state index in [1.807, 2.05) is 0 Å². The highest BCUT2D eigenvalue weighted by Crippen LogP contribution is 2.19. The molecule has 6 heteroatoms. The van der Waals surface area contributed by atoms with E-state index in [9.17, 15) is 4.79 Å². The summed E-state index contributed by atoms with van der Waals surface area (Å²) >= 11 is 5.69. The average Bonchev–Trinajstić information content (AvgIpc) is 2.68. The number of hydrogen-bond donors (Lipinski definition) is 1. The number of hydrogen-bond acceptors (Lipinski definition) is 4. The van der Waals surface area contributed by atoms with E-state index in [0.29, 0.717) is 10.6 Å². The first kappa shape index (κ1) is 9.67. The number of carboxylic acid groups (broad SMARTS) is 1. The van der Waals surface area contributed by atoms with E-state index in [4.69, 9.17) is 21.1 Å². The van der Waals surface area contributed by atoms with Gasteiger partial charge >= 0.3 is 11.9 Å². The Morgan fingerprint density at radius 1 is 1.27 bits per heavy atom. The molecule has 0 radical (unpaired) electrons. The summed E-state index contributed by atoms with van der Waals surface area (Å²) in [4.78, 5) is 10.5. The minimum absolute atomic E-state index is 0.157. The second-order valence-corrected chi connectivity index (χ2v) is 3.16. The van der Waals surface area contributed by atoms with Crippen molar-refractivity contribution in [2.75, 3.05) is 0 Å². The van der Waals surface area contributed by atoms with E-state index in [1.54, 1.807) is 24.3 Å². The number of carbonyl (C=O) groups is 1. The van der Waals surface area contributed by atoms with Gasteiger partial charge in [0.25, 0.3) is 0 Å². The molecule has 0 aliphatic carbocycles. The van der Waals surface area contributed by atoms with Gasteiger partial charge in [-0.2, -0.15) is 0 Å². The molecule has 2 rings (SSSR count). The molecule has 15 heavy (non-hydrogen) atoms. The lowest BCUT2D eigenvalue weighted by Gasteiger charge is -1.93. The second kappa shape index (κ2) is 3.70. The van der Waals surface area contributed by atoms with Gasteiger partial charge in [0.2, 0.25) is 5.89 Å². The van der Waals surface area contributed by atoms with Gasteiger partial charge in [0, 0.05) is 10.6 Å². The van der Waals surface area contributed by atoms with Gasteiger partial charge in [-0.05, 0) is 24.3 Å². The summed E-state index contributed by atoms with van der Waals surface area (Å²) in [5, 5.41) is 16.1. The van der Waals surface area contributed by atoms with Crippen LogP contribution in [0.4, 0.5) is 0 Å². The SMILES string of the molecule is O=C(O)c1nnc(-c2ccc(Cl)cc2)o1. The van der Waals surface area contributed by atoms with Crippen LogP contribution in [-0.2, 0) is 0 Å². The third-order valence-electron chi connectivity index (χ3n) is 1.70. The minimum Gasteiger partial charge on any atom is -0.474 e. The van der Waals surface area contributed by atoms with Gasteiger partial charge < -0.3 is 9.52 Å². The van der Waals surface area contributed by atoms with Crippen molar-refractivity contribution in [1.82, 2.24) is 10.2 Å². The molecule has 2 aromatic rings. The van der Waals surface area contributed by atoms with E-state index in [1.165, 1.54) is 0 Å². The molecule has 0 aliphatic heterocycles. The number of carboxylic acids is 1. The van der Waals surface area contributed by atoms with Gasteiger partial charge in [0.15, 0.2) is 0 Å². The van der Waals surface area contributed by atoms with Crippen LogP contribution < -0.4 is 0 Å². The lowest BCUT2D eigenvalue weighted by Crippen LogP contribution is -1.95. The van der Waals surface area contributed by atoms with Crippen LogP contribution in [0.1, 0.15) is 10.7 Å². The zero-order valence-corrected chi connectivity index (χ0v) is 8.10. The number of benzene rings is 1. The van der Waals surface area contributed by atoms with Crippen molar-refractivity contribution in [3.63, 3.8) is 0 Å². The molecule has 0 fully saturated rings. The summed E-state index contributed by atoms with van der Waals surface area (Å²) in [6.45, 7) is 0. The third kappa shape index (κ3) is 1.97. The van der Waals surface area contributed by atoms with Crippen LogP contribution in [-0.4, -0.2) is 21.3 Å². The lowest BCUT2D eigenvalue weighted by atomic mass is 10.2. The van der Waals surface area contributed by atoms with Crippen molar-refractivity contribution in [3.8, 4) is 11.5 Å². The molecule has 0 bridgehead atoms. The molecular weight excluding hydrogens is 220 g/mol. The Morgan fingerprint density at radius 3 is 2.47 bits per heavy atom. The van der Waals surface area contributed by atoms with Gasteiger partial charge in [0.1, 0.15) is 0 Å². The zero-order chi connectivity index (χ0) is 10.8. The van der Waals surface area contributed by atoms with E-state index >= 15 is 0 Å². The molecule has 5 nitrogen and oxygen atoms in total. The van der Waals surface area contributed by atoms with E-state index < -0.39 is 11.9 Å². The van der Waals surface area contributed by atoms with Crippen LogP contribution in [0.2, 0.25) is 5.02 Å². The predicted octanol–water partition coefficient (Wildman–Crippen LogP) is 2.09. The maximum absolute atomic E-state index is 10.5. The molecule has 0 unspecified atom stereocenters. The first-order chi connectivity index (χ1) is 7.16. The standard InChI is InChI=1S/C9H5ClN2O3/c10-6-3-1-5(2-4-6)7-11-12-8(15-7)9(13)14/h1-4H,(H,13,14). The number of aromatic carboxylic acids is 1. The normalized spacial score (nSPS) is 10.2. The highest BCUT2D eigenvalue weighted by atomic mass is 35.5. The van der Waals surface area contributed by atoms with Crippen LogP contribution >= 0.6 is 11.6 Å². The summed E-state index contributed by atoms with van der Waals surface area (Å²) in [6.07, 6.45) is 0. The average molecular weight is 225 g/mol. The Hall–Kier alpha value is -1.88. The van der Waals surface area contributed by atoms with E-state index in [-0.39, 0.29) is 5.89 Å². The van der Waals surface area contributed by atoms with Crippen LogP contribution in [0.25, 0.3) is 11.5 Å². The maximum Gasteiger partial charge on any atom is 0.393 e. The molecule has 1 aromatic carbocycles. The summed E-state index contributed by atoms with van der Waals surface area (Å²) < 4.78 is 4.91. The smallest absolute Gasteiger partial charge is 0.393 e. The molecule has 0 atom stereocenters. The van der Waals surface area contributed by atoms with Gasteiger partial charge in [0.05, 0.1) is 0 Å². The Bertz CT molecular complexity index is 492. The van der Waals surface area contributed by atoms with Crippen LogP contribution in [0, 0.1) is 0 Å². The van der Waals surface area contributed by atoms with Crippen molar-refractivity contribution >= 4 is 17.6 Å². The first-order valence-electron chi connectivity index (χ1n) is 3.99. The van der Waals surface area contributed by atoms with Gasteiger partial charge in [-0.25, -0.2) is 4.79 Å². The monoisotopic (exact) mass is 224 g/mol. The Morgan fingerprint density at radius 2 is 1.93 bits per heavy atom. The summed E-state index contributed by atoms with van der Waals surface area (Å²) in [7, 11) is 0. The third-order valence-corrected chi connectivity index (χ3v) is 1.95. The Kier molecular flexibility index (Phi) is 2.39. The molecule has 1 aromatic heterocycles. The summed E-state index contributed by atoms with van der Waals surface area (Å²) in [5.41, 5.74) is 0.624. The molecule has 0 aliphatic rings. The minimum atomic E-state index is -1.25. The molecule has 0 amide bonds. The number of aromatic nitrogens is 2. The summed E-state index contributed by atoms with van der Waals surface area (Å²) in [5.74, 6) is -1.52. The van der Waals surface area contributed by atoms with Crippen LogP contribution in [0.15, 0.2) is 28.7 Å². The zero-order valence-electron chi connectivity index (χ0n) is 7.35. The highest BCUT2D eigenvalue weighted by Gasteiger charge is 2.13. The van der Waals surface area contributed by atoms with Crippen molar-refractivity contribution in [2.45, 2.75) is 0 Å². The molecule has 0 spiro atoms. The number of halogens is 1. The van der Waals surface area contributed by atoms with Gasteiger partial charge in [-0.3, -0.25) is 0 Å². The van der Waals surface area contributed by atoms with Gasteiger partial charge in [-0.15, -0.1) is 10.2 Å². The maximum atomic E-state index is 10.5. The predicted molar refractivity (Wildman–Crippen MR) is 51.7 cm³/mol. The Balaban J connectivity index is 2.37. The van der Waals surface area contributed by atoms with E-state index in [2.05, 4.69) is 10.2 Å². The number of nitrogens with zero attached hydrogens (tertiary/aromatic N) is 2. The van der Waals surface area contributed by atoms with Crippen molar-refractivity contribution < 1.29 is 14.3 Å². The quantitative estimate of drug-likeness (QED) is 0.845. The Labute approximate surface area is 89.3 Å². The second-order valence-electron chi connectivity index (χ2n) is 2.72. The molecule has 76 valence electrons. The van der Waals surface area contributed by atoms with Crippen molar-refractivity contribution in [3.05, 3.63) is 35.2 Å². The van der Waals surface area contributed by atoms with Crippen LogP contribution in [0.5, 0.6) is 0 Å². The van der Waals surface area contributed by atoms with Gasteiger partial charge in [-0.1, -0.05) is 11.6 Å². The van der Waals surface area contributed by atoms with Crippen molar-refractivity contribution in [1.29, 1.82) is 0 Å². The molecule has 1 N–H and O–H groups in total. The molecular formula is C9H5ClN2O3. The summed E-state index contributed by atoms with van der Waals surface area (Å²) in [6, 6.07) is 6.64. The first-order valence-corrected chi connectivity index (χ1v) is 4.37. The lowest BCUT2D eigenvalue weighted by molar-refractivity contribution is 0.0654. The fourth-order valence-electron chi connectivity index (χ4n) is 1.02. The molecule has 0 saturated carbocycles. The molecule has 0 saturated heterocycles. The largest absolute Gasteiger partial charge is 0.474 e. The fraction of sp³-hybridized carbons (Fsp3) is 0. The van der Waals surface area contributed by atoms with Crippen molar-refractivity contribution in [2.24, 2.45) is 0 Å². The molecule has 1 heterocycles. The fourth-order valence-corrected chi connectivity index (χ4v) is 1.14. The van der Waals surface area contributed by atoms with Crippen LogP contribution in [0.3, 0.4) is 0 Å². The highest BCUT2D eigenvalue weighted by molar-refractivity contribution is 6.30. The number of rotatable bonds is 2. The topological polar surface area (TPSA) is 76.2 Å². The van der Waals surface area contributed by atoms with E-state index in [0.717, 1.165) is 0 Å².